The maximum absolute atomic E-state index is 14.5. The van der Waals surface area contributed by atoms with Crippen LogP contribution in [-0.4, -0.2) is 73.0 Å². The number of carbonyl (C=O) groups excluding carboxylic acids is 1. The molecule has 1 saturated heterocycles. The molecule has 2 aliphatic rings. The zero-order valence-electron chi connectivity index (χ0n) is 22.7. The molecule has 0 radical (unpaired) electrons. The second-order valence-corrected chi connectivity index (χ2v) is 11.4. The molecule has 0 bridgehead atoms. The number of thiophene rings is 1. The third kappa shape index (κ3) is 4.65. The molecule has 216 valence electrons. The summed E-state index contributed by atoms with van der Waals surface area (Å²) in [6.45, 7) is 2.05. The smallest absolute Gasteiger partial charge is 0.332 e. The minimum atomic E-state index is -0.953. The molecule has 1 saturated carbocycles. The van der Waals surface area contributed by atoms with Gasteiger partial charge in [0.1, 0.15) is 33.5 Å². The van der Waals surface area contributed by atoms with Crippen molar-refractivity contribution in [1.29, 1.82) is 0 Å². The molecular formula is C27H29FN6O6S. The molecule has 1 amide bonds. The molecule has 41 heavy (non-hydrogen) atoms. The number of carbonyl (C=O) groups is 1. The van der Waals surface area contributed by atoms with Crippen LogP contribution in [0.2, 0.25) is 0 Å². The molecule has 2 fully saturated rings. The Morgan fingerprint density at radius 2 is 1.93 bits per heavy atom. The maximum Gasteiger partial charge on any atom is 0.332 e. The van der Waals surface area contributed by atoms with Gasteiger partial charge in [0.25, 0.3) is 5.56 Å². The number of hydrogen-bond donors (Lipinski definition) is 1. The molecule has 1 N–H and O–H groups in total. The van der Waals surface area contributed by atoms with Crippen LogP contribution in [0.1, 0.15) is 42.5 Å². The predicted molar refractivity (Wildman–Crippen MR) is 147 cm³/mol. The average molecular weight is 585 g/mol. The molecule has 1 aliphatic carbocycles. The number of likely N-dealkylation sites (tertiary alicyclic amines) is 1. The van der Waals surface area contributed by atoms with Crippen LogP contribution >= 0.6 is 11.3 Å². The third-order valence-electron chi connectivity index (χ3n) is 7.84. The Bertz CT molecular complexity index is 1740. The Morgan fingerprint density at radius 3 is 2.56 bits per heavy atom. The standard InChI is InChI=1S/C27H29FN6O6S/c1-14-22-24(37)33(19-6-9-31(2)23(19)36)27(38)32(26(22)41-25(14)34-29-7-8-30-34)13-21(40-17-11-16(35)12-17)18-10-15(28)4-5-20(18)39-3/h4-5,7-8,10,16-17,19,21,35H,6,9,11-13H2,1-3H3. The van der Waals surface area contributed by atoms with Crippen LogP contribution in [0.3, 0.4) is 0 Å². The largest absolute Gasteiger partial charge is 0.496 e. The monoisotopic (exact) mass is 584 g/mol. The summed E-state index contributed by atoms with van der Waals surface area (Å²) in [5.74, 6) is -0.464. The lowest BCUT2D eigenvalue weighted by Crippen LogP contribution is -2.45. The van der Waals surface area contributed by atoms with Crippen LogP contribution in [0.15, 0.2) is 40.2 Å². The number of likely N-dealkylation sites (N-methyl/N-ethyl adjacent to an activating group) is 1. The van der Waals surface area contributed by atoms with E-state index in [1.54, 1.807) is 14.0 Å². The first-order valence-corrected chi connectivity index (χ1v) is 14.1. The quantitative estimate of drug-likeness (QED) is 0.332. The van der Waals surface area contributed by atoms with Gasteiger partial charge in [-0.1, -0.05) is 11.3 Å². The lowest BCUT2D eigenvalue weighted by Gasteiger charge is -2.35. The van der Waals surface area contributed by atoms with Gasteiger partial charge in [-0.2, -0.15) is 10.2 Å². The minimum absolute atomic E-state index is 0.106. The molecule has 4 heterocycles. The number of nitrogens with zero attached hydrogens (tertiary/aromatic N) is 6. The maximum atomic E-state index is 14.5. The molecule has 12 nitrogen and oxygen atoms in total. The molecule has 2 atom stereocenters. The first kappa shape index (κ1) is 27.3. The van der Waals surface area contributed by atoms with Crippen molar-refractivity contribution in [3.63, 3.8) is 0 Å². The molecular weight excluding hydrogens is 555 g/mol. The van der Waals surface area contributed by atoms with Crippen LogP contribution in [0.5, 0.6) is 5.75 Å². The van der Waals surface area contributed by atoms with Gasteiger partial charge in [-0.15, -0.1) is 4.80 Å². The van der Waals surface area contributed by atoms with E-state index >= 15 is 0 Å². The number of benzene rings is 1. The third-order valence-corrected chi connectivity index (χ3v) is 9.12. The highest BCUT2D eigenvalue weighted by molar-refractivity contribution is 7.21. The predicted octanol–water partition coefficient (Wildman–Crippen LogP) is 1.95. The van der Waals surface area contributed by atoms with Crippen LogP contribution in [0.25, 0.3) is 15.2 Å². The van der Waals surface area contributed by atoms with E-state index in [9.17, 15) is 23.9 Å². The van der Waals surface area contributed by atoms with Crippen molar-refractivity contribution in [3.8, 4) is 10.8 Å². The van der Waals surface area contributed by atoms with Crippen molar-refractivity contribution < 1.29 is 23.8 Å². The van der Waals surface area contributed by atoms with Gasteiger partial charge in [-0.3, -0.25) is 14.2 Å². The van der Waals surface area contributed by atoms with E-state index in [4.69, 9.17) is 9.47 Å². The van der Waals surface area contributed by atoms with E-state index in [1.165, 1.54) is 63.3 Å². The number of methoxy groups -OCH3 is 1. The van der Waals surface area contributed by atoms with E-state index in [0.717, 1.165) is 4.57 Å². The van der Waals surface area contributed by atoms with E-state index in [2.05, 4.69) is 10.2 Å². The van der Waals surface area contributed by atoms with Crippen molar-refractivity contribution in [3.05, 3.63) is 68.4 Å². The number of rotatable bonds is 8. The average Bonchev–Trinajstić information content (AvgIpc) is 3.66. The molecule has 1 aromatic carbocycles. The first-order chi connectivity index (χ1) is 19.7. The molecule has 14 heteroatoms. The Labute approximate surface area is 237 Å². The van der Waals surface area contributed by atoms with Crippen LogP contribution in [0.4, 0.5) is 4.39 Å². The zero-order valence-corrected chi connectivity index (χ0v) is 23.5. The second-order valence-electron chi connectivity index (χ2n) is 10.4. The molecule has 2 unspecified atom stereocenters. The second kappa shape index (κ2) is 10.5. The normalized spacial score (nSPS) is 21.4. The van der Waals surface area contributed by atoms with Gasteiger partial charge in [-0.25, -0.2) is 13.8 Å². The highest BCUT2D eigenvalue weighted by Crippen LogP contribution is 2.37. The van der Waals surface area contributed by atoms with Crippen molar-refractivity contribution in [1.82, 2.24) is 29.0 Å². The highest BCUT2D eigenvalue weighted by atomic mass is 32.1. The Hall–Kier alpha value is -3.88. The SMILES string of the molecule is COc1ccc(F)cc1C(Cn1c(=O)n(C2CCN(C)C2=O)c(=O)c2c(C)c(-n3nccn3)sc21)OC1CC(O)C1. The Balaban J connectivity index is 1.57. The van der Waals surface area contributed by atoms with Gasteiger partial charge < -0.3 is 19.5 Å². The van der Waals surface area contributed by atoms with E-state index < -0.39 is 35.3 Å². The molecule has 0 spiro atoms. The molecule has 3 aromatic heterocycles. The van der Waals surface area contributed by atoms with E-state index in [-0.39, 0.29) is 23.9 Å². The minimum Gasteiger partial charge on any atom is -0.496 e. The number of aryl methyl sites for hydroxylation is 1. The summed E-state index contributed by atoms with van der Waals surface area (Å²) in [5.41, 5.74) is -0.291. The van der Waals surface area contributed by atoms with Crippen LogP contribution in [0, 0.1) is 12.7 Å². The Kier molecular flexibility index (Phi) is 6.99. The number of hydrogen-bond acceptors (Lipinski definition) is 9. The molecule has 6 rings (SSSR count). The van der Waals surface area contributed by atoms with Gasteiger partial charge in [0.15, 0.2) is 0 Å². The van der Waals surface area contributed by atoms with Gasteiger partial charge in [0, 0.05) is 24.7 Å². The summed E-state index contributed by atoms with van der Waals surface area (Å²) >= 11 is 1.17. The number of aliphatic hydroxyl groups is 1. The van der Waals surface area contributed by atoms with E-state index in [0.29, 0.717) is 52.5 Å². The van der Waals surface area contributed by atoms with Gasteiger partial charge in [0.2, 0.25) is 5.91 Å². The summed E-state index contributed by atoms with van der Waals surface area (Å²) in [7, 11) is 3.09. The lowest BCUT2D eigenvalue weighted by molar-refractivity contribution is -0.129. The summed E-state index contributed by atoms with van der Waals surface area (Å²) < 4.78 is 28.8. The van der Waals surface area contributed by atoms with Gasteiger partial charge >= 0.3 is 5.69 Å². The van der Waals surface area contributed by atoms with Crippen molar-refractivity contribution in [2.24, 2.45) is 0 Å². The number of halogens is 1. The number of ether oxygens (including phenoxy) is 2. The van der Waals surface area contributed by atoms with Crippen LogP contribution < -0.4 is 16.0 Å². The van der Waals surface area contributed by atoms with Crippen molar-refractivity contribution in [2.45, 2.75) is 57.1 Å². The van der Waals surface area contributed by atoms with Crippen molar-refractivity contribution in [2.75, 3.05) is 20.7 Å². The summed E-state index contributed by atoms with van der Waals surface area (Å²) in [5, 5.41) is 19.1. The number of aliphatic hydroxyl groups excluding tert-OH is 1. The first-order valence-electron chi connectivity index (χ1n) is 13.2. The lowest BCUT2D eigenvalue weighted by atomic mass is 9.92. The highest BCUT2D eigenvalue weighted by Gasteiger charge is 2.36. The number of amides is 1. The van der Waals surface area contributed by atoms with Crippen LogP contribution in [-0.2, 0) is 16.1 Å². The fourth-order valence-electron chi connectivity index (χ4n) is 5.56. The summed E-state index contributed by atoms with van der Waals surface area (Å²) in [6.07, 6.45) is 2.43. The number of aromatic nitrogens is 5. The van der Waals surface area contributed by atoms with Crippen molar-refractivity contribution >= 4 is 27.5 Å². The fourth-order valence-corrected chi connectivity index (χ4v) is 6.78. The van der Waals surface area contributed by atoms with Gasteiger partial charge in [0.05, 0.1) is 43.6 Å². The zero-order chi connectivity index (χ0) is 29.0. The summed E-state index contributed by atoms with van der Waals surface area (Å²) in [4.78, 5) is 44.4. The van der Waals surface area contributed by atoms with Gasteiger partial charge in [-0.05, 0) is 44.4 Å². The fraction of sp³-hybridized carbons (Fsp3) is 0.444. The topological polar surface area (TPSA) is 134 Å². The van der Waals surface area contributed by atoms with E-state index in [1.807, 2.05) is 0 Å². The molecule has 4 aromatic rings. The summed E-state index contributed by atoms with van der Waals surface area (Å²) in [6, 6.07) is 3.10. The molecule has 1 aliphatic heterocycles. The Morgan fingerprint density at radius 1 is 1.20 bits per heavy atom. The number of fused-ring (bicyclic) bond motifs is 1.